The Morgan fingerprint density at radius 2 is 1.79 bits per heavy atom. The fourth-order valence-corrected chi connectivity index (χ4v) is 4.88. The van der Waals surface area contributed by atoms with Crippen LogP contribution in [0.3, 0.4) is 0 Å². The summed E-state index contributed by atoms with van der Waals surface area (Å²) >= 11 is 0. The van der Waals surface area contributed by atoms with Gasteiger partial charge in [0.25, 0.3) is 10.2 Å². The summed E-state index contributed by atoms with van der Waals surface area (Å²) in [6.45, 7) is 7.34. The number of amides is 1. The SMILES string of the molecule is CCN(CC)S(=O)(=O)N1CCN(CC(=O)N(C)Cc2cccc(OC)c2)CC1. The molecule has 1 aliphatic rings. The molecule has 0 radical (unpaired) electrons. The largest absolute Gasteiger partial charge is 0.497 e. The van der Waals surface area contributed by atoms with Crippen LogP contribution < -0.4 is 4.74 Å². The van der Waals surface area contributed by atoms with Crippen LogP contribution in [0.4, 0.5) is 0 Å². The van der Waals surface area contributed by atoms with Gasteiger partial charge in [0.1, 0.15) is 5.75 Å². The highest BCUT2D eigenvalue weighted by atomic mass is 32.2. The van der Waals surface area contributed by atoms with Crippen molar-refractivity contribution in [2.24, 2.45) is 0 Å². The van der Waals surface area contributed by atoms with E-state index in [0.29, 0.717) is 52.4 Å². The third-order valence-corrected chi connectivity index (χ3v) is 7.21. The number of carbonyl (C=O) groups excluding carboxylic acids is 1. The molecule has 1 saturated heterocycles. The maximum absolute atomic E-state index is 12.6. The highest BCUT2D eigenvalue weighted by Gasteiger charge is 2.31. The van der Waals surface area contributed by atoms with E-state index in [1.54, 1.807) is 19.1 Å². The van der Waals surface area contributed by atoms with Gasteiger partial charge >= 0.3 is 0 Å². The van der Waals surface area contributed by atoms with Crippen molar-refractivity contribution in [3.05, 3.63) is 29.8 Å². The highest BCUT2D eigenvalue weighted by molar-refractivity contribution is 7.86. The molecule has 0 aliphatic carbocycles. The molecule has 28 heavy (non-hydrogen) atoms. The van der Waals surface area contributed by atoms with E-state index in [2.05, 4.69) is 0 Å². The summed E-state index contributed by atoms with van der Waals surface area (Å²) in [4.78, 5) is 16.3. The van der Waals surface area contributed by atoms with Crippen molar-refractivity contribution in [3.63, 3.8) is 0 Å². The summed E-state index contributed by atoms with van der Waals surface area (Å²) in [7, 11) is -0.00726. The van der Waals surface area contributed by atoms with Crippen molar-refractivity contribution >= 4 is 16.1 Å². The van der Waals surface area contributed by atoms with Gasteiger partial charge in [-0.3, -0.25) is 9.69 Å². The Morgan fingerprint density at radius 1 is 1.14 bits per heavy atom. The molecular formula is C19H32N4O4S. The number of rotatable bonds is 9. The van der Waals surface area contributed by atoms with Gasteiger partial charge in [0, 0.05) is 52.9 Å². The Hall–Kier alpha value is -1.68. The first-order chi connectivity index (χ1) is 13.3. The molecule has 2 rings (SSSR count). The zero-order valence-corrected chi connectivity index (χ0v) is 18.1. The lowest BCUT2D eigenvalue weighted by atomic mass is 10.2. The van der Waals surface area contributed by atoms with Gasteiger partial charge in [0.05, 0.1) is 13.7 Å². The third-order valence-electron chi connectivity index (χ3n) is 5.03. The number of hydrogen-bond donors (Lipinski definition) is 0. The molecule has 0 N–H and O–H groups in total. The lowest BCUT2D eigenvalue weighted by molar-refractivity contribution is -0.131. The topological polar surface area (TPSA) is 73.4 Å². The molecule has 9 heteroatoms. The van der Waals surface area contributed by atoms with Crippen LogP contribution in [0.25, 0.3) is 0 Å². The summed E-state index contributed by atoms with van der Waals surface area (Å²) < 4.78 is 33.4. The maximum Gasteiger partial charge on any atom is 0.282 e. The molecule has 0 spiro atoms. The minimum atomic E-state index is -3.41. The van der Waals surface area contributed by atoms with Crippen molar-refractivity contribution in [1.82, 2.24) is 18.4 Å². The average Bonchev–Trinajstić information content (AvgIpc) is 2.69. The summed E-state index contributed by atoms with van der Waals surface area (Å²) in [6, 6.07) is 7.66. The van der Waals surface area contributed by atoms with E-state index >= 15 is 0 Å². The fourth-order valence-electron chi connectivity index (χ4n) is 3.28. The van der Waals surface area contributed by atoms with E-state index in [0.717, 1.165) is 11.3 Å². The van der Waals surface area contributed by atoms with Gasteiger partial charge in [-0.05, 0) is 17.7 Å². The molecule has 8 nitrogen and oxygen atoms in total. The second kappa shape index (κ2) is 10.2. The van der Waals surface area contributed by atoms with Crippen molar-refractivity contribution in [1.29, 1.82) is 0 Å². The first-order valence-corrected chi connectivity index (χ1v) is 11.1. The number of nitrogens with zero attached hydrogens (tertiary/aromatic N) is 4. The van der Waals surface area contributed by atoms with Gasteiger partial charge in [-0.15, -0.1) is 0 Å². The molecule has 1 fully saturated rings. The molecule has 1 heterocycles. The number of methoxy groups -OCH3 is 1. The average molecular weight is 413 g/mol. The lowest BCUT2D eigenvalue weighted by Crippen LogP contribution is -2.54. The Kier molecular flexibility index (Phi) is 8.23. The maximum atomic E-state index is 12.6. The van der Waals surface area contributed by atoms with Crippen LogP contribution in [-0.2, 0) is 21.5 Å². The van der Waals surface area contributed by atoms with E-state index in [1.807, 2.05) is 43.0 Å². The van der Waals surface area contributed by atoms with Gasteiger partial charge in [-0.25, -0.2) is 0 Å². The van der Waals surface area contributed by atoms with Crippen molar-refractivity contribution in [2.75, 3.05) is 60.0 Å². The normalized spacial score (nSPS) is 16.3. The third kappa shape index (κ3) is 5.66. The highest BCUT2D eigenvalue weighted by Crippen LogP contribution is 2.15. The van der Waals surface area contributed by atoms with Crippen LogP contribution in [0.15, 0.2) is 24.3 Å². The zero-order valence-electron chi connectivity index (χ0n) is 17.3. The first-order valence-electron chi connectivity index (χ1n) is 9.66. The molecule has 1 aromatic rings. The van der Waals surface area contributed by atoms with E-state index in [4.69, 9.17) is 4.74 Å². The summed E-state index contributed by atoms with van der Waals surface area (Å²) in [5, 5.41) is 0. The molecule has 1 amide bonds. The van der Waals surface area contributed by atoms with Crippen molar-refractivity contribution in [2.45, 2.75) is 20.4 Å². The first kappa shape index (κ1) is 22.6. The molecule has 0 unspecified atom stereocenters. The number of benzene rings is 1. The minimum absolute atomic E-state index is 0.0165. The summed E-state index contributed by atoms with van der Waals surface area (Å²) in [5.74, 6) is 0.784. The minimum Gasteiger partial charge on any atom is -0.497 e. The van der Waals surface area contributed by atoms with Gasteiger partial charge in [-0.1, -0.05) is 26.0 Å². The van der Waals surface area contributed by atoms with Crippen LogP contribution in [0.5, 0.6) is 5.75 Å². The molecule has 0 saturated carbocycles. The van der Waals surface area contributed by atoms with E-state index in [-0.39, 0.29) is 5.91 Å². The smallest absolute Gasteiger partial charge is 0.282 e. The Bertz CT molecular complexity index is 744. The van der Waals surface area contributed by atoms with Gasteiger partial charge < -0.3 is 9.64 Å². The lowest BCUT2D eigenvalue weighted by Gasteiger charge is -2.36. The number of likely N-dealkylation sites (N-methyl/N-ethyl adjacent to an activating group) is 1. The van der Waals surface area contributed by atoms with Gasteiger partial charge in [0.2, 0.25) is 5.91 Å². The van der Waals surface area contributed by atoms with E-state index in [1.165, 1.54) is 8.61 Å². The second-order valence-electron chi connectivity index (χ2n) is 6.87. The summed E-state index contributed by atoms with van der Waals surface area (Å²) in [5.41, 5.74) is 1.00. The van der Waals surface area contributed by atoms with Gasteiger partial charge in [0.15, 0.2) is 0 Å². The second-order valence-corrected chi connectivity index (χ2v) is 8.80. The number of piperazine rings is 1. The molecule has 0 atom stereocenters. The van der Waals surface area contributed by atoms with Crippen LogP contribution in [0, 0.1) is 0 Å². The Labute approximate surface area is 168 Å². The predicted molar refractivity (Wildman–Crippen MR) is 109 cm³/mol. The van der Waals surface area contributed by atoms with Crippen molar-refractivity contribution in [3.8, 4) is 5.75 Å². The standard InChI is InChI=1S/C19H32N4O4S/c1-5-22(6-2)28(25,26)23-12-10-21(11-13-23)16-19(24)20(3)15-17-8-7-9-18(14-17)27-4/h7-9,14H,5-6,10-13,15-16H2,1-4H3. The monoisotopic (exact) mass is 412 g/mol. The molecular weight excluding hydrogens is 380 g/mol. The van der Waals surface area contributed by atoms with Gasteiger partial charge in [-0.2, -0.15) is 17.0 Å². The zero-order chi connectivity index (χ0) is 20.7. The fraction of sp³-hybridized carbons (Fsp3) is 0.632. The number of ether oxygens (including phenoxy) is 1. The number of hydrogen-bond acceptors (Lipinski definition) is 5. The van der Waals surface area contributed by atoms with Crippen LogP contribution in [-0.4, -0.2) is 92.7 Å². The summed E-state index contributed by atoms with van der Waals surface area (Å²) in [6.07, 6.45) is 0. The molecule has 0 bridgehead atoms. The quantitative estimate of drug-likeness (QED) is 0.601. The number of carbonyl (C=O) groups is 1. The molecule has 1 aliphatic heterocycles. The van der Waals surface area contributed by atoms with Crippen LogP contribution in [0.2, 0.25) is 0 Å². The Morgan fingerprint density at radius 3 is 2.36 bits per heavy atom. The van der Waals surface area contributed by atoms with E-state index in [9.17, 15) is 13.2 Å². The van der Waals surface area contributed by atoms with Crippen LogP contribution in [0.1, 0.15) is 19.4 Å². The molecule has 0 aromatic heterocycles. The van der Waals surface area contributed by atoms with Crippen molar-refractivity contribution < 1.29 is 17.9 Å². The molecule has 158 valence electrons. The molecule has 1 aromatic carbocycles. The Balaban J connectivity index is 1.85. The predicted octanol–water partition coefficient (Wildman–Crippen LogP) is 0.858. The van der Waals surface area contributed by atoms with E-state index < -0.39 is 10.2 Å². The van der Waals surface area contributed by atoms with Crippen LogP contribution >= 0.6 is 0 Å².